The van der Waals surface area contributed by atoms with Gasteiger partial charge in [0.15, 0.2) is 17.2 Å². The number of aromatic carboxylic acids is 1. The molecule has 2 N–H and O–H groups in total. The van der Waals surface area contributed by atoms with Gasteiger partial charge in [-0.25, -0.2) is 9.59 Å². The van der Waals surface area contributed by atoms with Crippen molar-refractivity contribution in [2.24, 2.45) is 0 Å². The molecule has 1 heterocycles. The van der Waals surface area contributed by atoms with E-state index in [9.17, 15) is 45.8 Å². The Morgan fingerprint density at radius 1 is 0.974 bits per heavy atom. The van der Waals surface area contributed by atoms with Crippen molar-refractivity contribution in [1.29, 1.82) is 0 Å². The third kappa shape index (κ3) is 7.09. The van der Waals surface area contributed by atoms with Gasteiger partial charge in [0.2, 0.25) is 5.91 Å². The maximum Gasteiger partial charge on any atom is 0.416 e. The molecule has 208 valence electrons. The summed E-state index contributed by atoms with van der Waals surface area (Å²) in [7, 11) is 0. The second-order valence-electron chi connectivity index (χ2n) is 7.96. The molecule has 0 radical (unpaired) electrons. The van der Waals surface area contributed by atoms with E-state index in [4.69, 9.17) is 9.84 Å². The molecule has 3 rings (SSSR count). The molecule has 39 heavy (non-hydrogen) atoms. The predicted molar refractivity (Wildman–Crippen MR) is 131 cm³/mol. The highest BCUT2D eigenvalue weighted by Gasteiger charge is 2.37. The molecule has 2 aromatic carbocycles. The Morgan fingerprint density at radius 3 is 2.05 bits per heavy atom. The standard InChI is InChI=1S/C24H16BrF6NO6S/c1-11(33)32(16-7-14(23(26,27)28)6-15(8-16)24(29,30)31)9-12-3-2-4-13(5-12)20-18(25)19(38-10-17(34)35)21(39-20)22(36)37/h2-8H,9-10H2,1H3,(H,34,35)(H,36,37). The quantitative estimate of drug-likeness (QED) is 0.259. The van der Waals surface area contributed by atoms with Gasteiger partial charge >= 0.3 is 24.3 Å². The van der Waals surface area contributed by atoms with E-state index in [1.165, 1.54) is 24.3 Å². The number of nitrogens with zero attached hydrogens (tertiary/aromatic N) is 1. The largest absolute Gasteiger partial charge is 0.479 e. The highest BCUT2D eigenvalue weighted by atomic mass is 79.9. The zero-order chi connectivity index (χ0) is 29.3. The van der Waals surface area contributed by atoms with Crippen molar-refractivity contribution >= 4 is 50.8 Å². The smallest absolute Gasteiger partial charge is 0.416 e. The maximum atomic E-state index is 13.3. The molecule has 0 aliphatic carbocycles. The van der Waals surface area contributed by atoms with Crippen LogP contribution in [-0.4, -0.2) is 34.7 Å². The Bertz CT molecular complexity index is 1400. The van der Waals surface area contributed by atoms with Gasteiger partial charge in [0.1, 0.15) is 0 Å². The molecule has 0 aliphatic heterocycles. The summed E-state index contributed by atoms with van der Waals surface area (Å²) < 4.78 is 85.3. The maximum absolute atomic E-state index is 13.3. The minimum atomic E-state index is -5.11. The minimum absolute atomic E-state index is 0.0409. The second-order valence-corrected chi connectivity index (χ2v) is 9.77. The summed E-state index contributed by atoms with van der Waals surface area (Å²) in [4.78, 5) is 35.6. The van der Waals surface area contributed by atoms with Crippen molar-refractivity contribution in [2.45, 2.75) is 25.8 Å². The van der Waals surface area contributed by atoms with Crippen LogP contribution in [0.1, 0.15) is 33.3 Å². The van der Waals surface area contributed by atoms with E-state index in [0.29, 0.717) is 28.1 Å². The normalized spacial score (nSPS) is 11.8. The number of anilines is 1. The Balaban J connectivity index is 2.05. The van der Waals surface area contributed by atoms with Gasteiger partial charge in [-0.05, 0) is 51.3 Å². The molecule has 0 saturated carbocycles. The van der Waals surface area contributed by atoms with Crippen molar-refractivity contribution in [3.8, 4) is 16.2 Å². The first-order chi connectivity index (χ1) is 18.0. The molecule has 15 heteroatoms. The molecule has 3 aromatic rings. The molecule has 1 amide bonds. The lowest BCUT2D eigenvalue weighted by molar-refractivity contribution is -0.143. The third-order valence-corrected chi connectivity index (χ3v) is 7.36. The van der Waals surface area contributed by atoms with Crippen LogP contribution in [0.15, 0.2) is 46.9 Å². The molecular weight excluding hydrogens is 624 g/mol. The van der Waals surface area contributed by atoms with E-state index in [1.807, 2.05) is 0 Å². The van der Waals surface area contributed by atoms with Crippen molar-refractivity contribution in [3.63, 3.8) is 0 Å². The van der Waals surface area contributed by atoms with Crippen LogP contribution >= 0.6 is 27.3 Å². The van der Waals surface area contributed by atoms with Crippen LogP contribution in [0.2, 0.25) is 0 Å². The van der Waals surface area contributed by atoms with Crippen molar-refractivity contribution < 1.29 is 55.7 Å². The average Bonchev–Trinajstić information content (AvgIpc) is 3.16. The van der Waals surface area contributed by atoms with Gasteiger partial charge in [0.25, 0.3) is 0 Å². The van der Waals surface area contributed by atoms with Gasteiger partial charge < -0.3 is 19.8 Å². The molecule has 0 saturated heterocycles. The lowest BCUT2D eigenvalue weighted by Crippen LogP contribution is -2.28. The van der Waals surface area contributed by atoms with Crippen molar-refractivity contribution in [3.05, 3.63) is 68.5 Å². The summed E-state index contributed by atoms with van der Waals surface area (Å²) in [6, 6.07) is 6.80. The molecule has 0 spiro atoms. The van der Waals surface area contributed by atoms with Gasteiger partial charge in [-0.15, -0.1) is 11.3 Å². The number of carboxylic acid groups (broad SMARTS) is 2. The first-order valence-electron chi connectivity index (χ1n) is 10.6. The number of aliphatic carboxylic acids is 1. The first-order valence-corrected chi connectivity index (χ1v) is 12.2. The van der Waals surface area contributed by atoms with E-state index in [0.717, 1.165) is 23.2 Å². The predicted octanol–water partition coefficient (Wildman–Crippen LogP) is 6.93. The fourth-order valence-electron chi connectivity index (χ4n) is 3.46. The van der Waals surface area contributed by atoms with E-state index in [-0.39, 0.29) is 21.2 Å². The van der Waals surface area contributed by atoms with Crippen LogP contribution < -0.4 is 9.64 Å². The van der Waals surface area contributed by atoms with E-state index in [2.05, 4.69) is 15.9 Å². The summed E-state index contributed by atoms with van der Waals surface area (Å²) in [5, 5.41) is 18.4. The zero-order valence-electron chi connectivity index (χ0n) is 19.5. The van der Waals surface area contributed by atoms with E-state index in [1.54, 1.807) is 0 Å². The van der Waals surface area contributed by atoms with Crippen LogP contribution in [0.4, 0.5) is 32.0 Å². The molecule has 0 unspecified atom stereocenters. The topological polar surface area (TPSA) is 104 Å². The first kappa shape index (κ1) is 30.0. The molecule has 1 aromatic heterocycles. The second kappa shape index (κ2) is 11.3. The monoisotopic (exact) mass is 639 g/mol. The summed E-state index contributed by atoms with van der Waals surface area (Å²) in [6.07, 6.45) is -10.2. The Kier molecular flexibility index (Phi) is 8.65. The highest BCUT2D eigenvalue weighted by Crippen LogP contribution is 2.46. The summed E-state index contributed by atoms with van der Waals surface area (Å²) in [5.41, 5.74) is -3.13. The van der Waals surface area contributed by atoms with Crippen molar-refractivity contribution in [1.82, 2.24) is 0 Å². The molecule has 0 aliphatic rings. The number of ether oxygens (including phenoxy) is 1. The average molecular weight is 640 g/mol. The number of benzene rings is 2. The number of carbonyl (C=O) groups excluding carboxylic acids is 1. The number of alkyl halides is 6. The molecular formula is C24H16BrF6NO6S. The zero-order valence-corrected chi connectivity index (χ0v) is 21.9. The van der Waals surface area contributed by atoms with Crippen LogP contribution in [0.5, 0.6) is 5.75 Å². The van der Waals surface area contributed by atoms with E-state index >= 15 is 0 Å². The summed E-state index contributed by atoms with van der Waals surface area (Å²) in [6.45, 7) is -0.253. The number of rotatable bonds is 8. The lowest BCUT2D eigenvalue weighted by Gasteiger charge is -2.24. The third-order valence-electron chi connectivity index (χ3n) is 5.14. The fourth-order valence-corrected chi connectivity index (χ4v) is 5.35. The minimum Gasteiger partial charge on any atom is -0.479 e. The van der Waals surface area contributed by atoms with Crippen molar-refractivity contribution in [2.75, 3.05) is 11.5 Å². The molecule has 0 bridgehead atoms. The Morgan fingerprint density at radius 2 is 1.56 bits per heavy atom. The summed E-state index contributed by atoms with van der Waals surface area (Å²) >= 11 is 3.94. The van der Waals surface area contributed by atoms with Gasteiger partial charge in [-0.2, -0.15) is 26.3 Å². The highest BCUT2D eigenvalue weighted by molar-refractivity contribution is 9.10. The van der Waals surface area contributed by atoms with Gasteiger partial charge in [-0.1, -0.05) is 18.2 Å². The number of carboxylic acids is 2. The van der Waals surface area contributed by atoms with Crippen LogP contribution in [0.3, 0.4) is 0 Å². The van der Waals surface area contributed by atoms with Gasteiger partial charge in [0, 0.05) is 12.6 Å². The lowest BCUT2D eigenvalue weighted by atomic mass is 10.1. The number of halogens is 7. The number of thiophene rings is 1. The number of carbonyl (C=O) groups is 3. The van der Waals surface area contributed by atoms with Crippen LogP contribution in [0, 0.1) is 0 Å². The van der Waals surface area contributed by atoms with Gasteiger partial charge in [0.05, 0.1) is 27.0 Å². The molecule has 7 nitrogen and oxygen atoms in total. The molecule has 0 atom stereocenters. The van der Waals surface area contributed by atoms with Crippen LogP contribution in [0.25, 0.3) is 10.4 Å². The number of hydrogen-bond acceptors (Lipinski definition) is 5. The fraction of sp³-hybridized carbons (Fsp3) is 0.208. The Labute approximate surface area is 228 Å². The number of amides is 1. The number of hydrogen-bond donors (Lipinski definition) is 2. The van der Waals surface area contributed by atoms with Crippen LogP contribution in [-0.2, 0) is 28.5 Å². The SMILES string of the molecule is CC(=O)N(Cc1cccc(-c2sc(C(=O)O)c(OCC(=O)O)c2Br)c1)c1cc(C(F)(F)F)cc(C(F)(F)F)c1. The molecule has 0 fully saturated rings. The summed E-state index contributed by atoms with van der Waals surface area (Å²) in [5.74, 6) is -3.80. The van der Waals surface area contributed by atoms with Gasteiger partial charge in [-0.3, -0.25) is 4.79 Å². The Hall–Kier alpha value is -3.59. The van der Waals surface area contributed by atoms with E-state index < -0.39 is 60.2 Å².